The van der Waals surface area contributed by atoms with Gasteiger partial charge < -0.3 is 9.64 Å². The number of likely N-dealkylation sites (tertiary alicyclic amines) is 1. The largest absolute Gasteiger partial charge is 0.375 e. The van der Waals surface area contributed by atoms with E-state index in [1.165, 1.54) is 12.8 Å². The van der Waals surface area contributed by atoms with Crippen molar-refractivity contribution in [3.8, 4) is 6.19 Å². The third-order valence-corrected chi connectivity index (χ3v) is 3.00. The third-order valence-electron chi connectivity index (χ3n) is 3.00. The van der Waals surface area contributed by atoms with Crippen LogP contribution < -0.4 is 0 Å². The molecule has 2 saturated heterocycles. The van der Waals surface area contributed by atoms with Gasteiger partial charge in [0.05, 0.1) is 5.60 Å². The van der Waals surface area contributed by atoms with Crippen LogP contribution in [-0.4, -0.2) is 30.2 Å². The maximum Gasteiger partial charge on any atom is 0.179 e. The van der Waals surface area contributed by atoms with Crippen LogP contribution in [0.5, 0.6) is 0 Å². The van der Waals surface area contributed by atoms with E-state index in [4.69, 9.17) is 10.00 Å². The molecule has 66 valence electrons. The number of rotatable bonds is 0. The number of nitrogens with zero attached hydrogens (tertiary/aromatic N) is 2. The summed E-state index contributed by atoms with van der Waals surface area (Å²) >= 11 is 0. The Morgan fingerprint density at radius 3 is 2.50 bits per heavy atom. The van der Waals surface area contributed by atoms with Crippen LogP contribution >= 0.6 is 0 Å². The van der Waals surface area contributed by atoms with Gasteiger partial charge >= 0.3 is 0 Å². The molecule has 2 heterocycles. The van der Waals surface area contributed by atoms with Crippen molar-refractivity contribution in [1.29, 1.82) is 5.26 Å². The molecule has 0 amide bonds. The van der Waals surface area contributed by atoms with E-state index in [0.29, 0.717) is 0 Å². The lowest BCUT2D eigenvalue weighted by atomic mass is 9.89. The lowest BCUT2D eigenvalue weighted by Crippen LogP contribution is -2.41. The normalized spacial score (nSPS) is 27.4. The summed E-state index contributed by atoms with van der Waals surface area (Å²) in [5, 5.41) is 8.66. The maximum absolute atomic E-state index is 8.66. The first-order valence-electron chi connectivity index (χ1n) is 4.63. The molecule has 0 saturated carbocycles. The van der Waals surface area contributed by atoms with E-state index < -0.39 is 0 Å². The van der Waals surface area contributed by atoms with Gasteiger partial charge in [-0.2, -0.15) is 5.26 Å². The van der Waals surface area contributed by atoms with Gasteiger partial charge in [-0.1, -0.05) is 0 Å². The van der Waals surface area contributed by atoms with Crippen LogP contribution in [0, 0.1) is 11.5 Å². The average Bonchev–Trinajstić information content (AvgIpc) is 2.55. The Kier molecular flexibility index (Phi) is 1.93. The number of nitriles is 1. The fourth-order valence-electron chi connectivity index (χ4n) is 2.16. The average molecular weight is 166 g/mol. The highest BCUT2D eigenvalue weighted by Gasteiger charge is 2.37. The Morgan fingerprint density at radius 1 is 1.25 bits per heavy atom. The lowest BCUT2D eigenvalue weighted by molar-refractivity contribution is -0.0346. The monoisotopic (exact) mass is 166 g/mol. The Bertz CT molecular complexity index is 193. The molecule has 0 bridgehead atoms. The SMILES string of the molecule is N#CN1CCC2(CCCO2)CC1. The highest BCUT2D eigenvalue weighted by Crippen LogP contribution is 2.35. The number of ether oxygens (including phenoxy) is 1. The van der Waals surface area contributed by atoms with Gasteiger partial charge in [-0.3, -0.25) is 0 Å². The molecule has 0 aromatic carbocycles. The molecular weight excluding hydrogens is 152 g/mol. The molecule has 2 fully saturated rings. The minimum atomic E-state index is 0.160. The number of hydrogen-bond donors (Lipinski definition) is 0. The fraction of sp³-hybridized carbons (Fsp3) is 0.889. The first-order chi connectivity index (χ1) is 5.85. The Balaban J connectivity index is 1.93. The Labute approximate surface area is 72.9 Å². The van der Waals surface area contributed by atoms with Gasteiger partial charge in [0.15, 0.2) is 6.19 Å². The second-order valence-electron chi connectivity index (χ2n) is 3.72. The zero-order valence-corrected chi connectivity index (χ0v) is 7.25. The topological polar surface area (TPSA) is 36.3 Å². The van der Waals surface area contributed by atoms with Crippen LogP contribution in [0.2, 0.25) is 0 Å². The minimum absolute atomic E-state index is 0.160. The molecule has 0 aromatic rings. The summed E-state index contributed by atoms with van der Waals surface area (Å²) in [7, 11) is 0. The minimum Gasteiger partial charge on any atom is -0.375 e. The first kappa shape index (κ1) is 7.88. The molecule has 2 aliphatic rings. The highest BCUT2D eigenvalue weighted by atomic mass is 16.5. The van der Waals surface area contributed by atoms with Gasteiger partial charge in [0.2, 0.25) is 0 Å². The fourth-order valence-corrected chi connectivity index (χ4v) is 2.16. The van der Waals surface area contributed by atoms with Crippen molar-refractivity contribution in [2.45, 2.75) is 31.3 Å². The predicted molar refractivity (Wildman–Crippen MR) is 44.3 cm³/mol. The summed E-state index contributed by atoms with van der Waals surface area (Å²) < 4.78 is 5.74. The molecule has 0 atom stereocenters. The lowest BCUT2D eigenvalue weighted by Gasteiger charge is -2.36. The standard InChI is InChI=1S/C9H14N2O/c10-8-11-5-3-9(4-6-11)2-1-7-12-9/h1-7H2. The maximum atomic E-state index is 8.66. The molecule has 3 nitrogen and oxygen atoms in total. The molecule has 2 aliphatic heterocycles. The van der Waals surface area contributed by atoms with Crippen LogP contribution in [0.1, 0.15) is 25.7 Å². The number of piperidine rings is 1. The summed E-state index contributed by atoms with van der Waals surface area (Å²) in [4.78, 5) is 1.83. The zero-order chi connectivity index (χ0) is 8.44. The molecule has 3 heteroatoms. The Hall–Kier alpha value is -0.750. The second-order valence-corrected chi connectivity index (χ2v) is 3.72. The number of hydrogen-bond acceptors (Lipinski definition) is 3. The molecule has 2 rings (SSSR count). The van der Waals surface area contributed by atoms with Gasteiger partial charge in [-0.05, 0) is 25.7 Å². The summed E-state index contributed by atoms with van der Waals surface area (Å²) in [6, 6.07) is 0. The highest BCUT2D eigenvalue weighted by molar-refractivity contribution is 4.93. The molecule has 0 N–H and O–H groups in total. The van der Waals surface area contributed by atoms with Crippen molar-refractivity contribution >= 4 is 0 Å². The molecule has 12 heavy (non-hydrogen) atoms. The van der Waals surface area contributed by atoms with E-state index in [1.54, 1.807) is 0 Å². The van der Waals surface area contributed by atoms with Gasteiger partial charge in [0.25, 0.3) is 0 Å². The van der Waals surface area contributed by atoms with Crippen molar-refractivity contribution < 1.29 is 4.74 Å². The smallest absolute Gasteiger partial charge is 0.179 e. The quantitative estimate of drug-likeness (QED) is 0.506. The van der Waals surface area contributed by atoms with Crippen LogP contribution in [0.4, 0.5) is 0 Å². The van der Waals surface area contributed by atoms with Gasteiger partial charge in [-0.15, -0.1) is 0 Å². The zero-order valence-electron chi connectivity index (χ0n) is 7.25. The van der Waals surface area contributed by atoms with E-state index in [-0.39, 0.29) is 5.60 Å². The summed E-state index contributed by atoms with van der Waals surface area (Å²) in [5.41, 5.74) is 0.160. The molecule has 0 radical (unpaired) electrons. The van der Waals surface area contributed by atoms with Crippen LogP contribution in [-0.2, 0) is 4.74 Å². The summed E-state index contributed by atoms with van der Waals surface area (Å²) in [6.45, 7) is 2.69. The summed E-state index contributed by atoms with van der Waals surface area (Å²) in [6.07, 6.45) is 6.67. The third kappa shape index (κ3) is 1.27. The van der Waals surface area contributed by atoms with Gasteiger partial charge in [0.1, 0.15) is 0 Å². The van der Waals surface area contributed by atoms with Crippen molar-refractivity contribution in [2.75, 3.05) is 19.7 Å². The van der Waals surface area contributed by atoms with E-state index in [0.717, 1.165) is 32.5 Å². The van der Waals surface area contributed by atoms with Crippen LogP contribution in [0.25, 0.3) is 0 Å². The van der Waals surface area contributed by atoms with E-state index in [1.807, 2.05) is 4.90 Å². The molecule has 0 unspecified atom stereocenters. The van der Waals surface area contributed by atoms with Gasteiger partial charge in [-0.25, -0.2) is 0 Å². The van der Waals surface area contributed by atoms with Crippen molar-refractivity contribution in [3.63, 3.8) is 0 Å². The molecule has 0 aromatic heterocycles. The summed E-state index contributed by atoms with van der Waals surface area (Å²) in [5.74, 6) is 0. The first-order valence-corrected chi connectivity index (χ1v) is 4.63. The predicted octanol–water partition coefficient (Wildman–Crippen LogP) is 1.11. The van der Waals surface area contributed by atoms with E-state index >= 15 is 0 Å². The van der Waals surface area contributed by atoms with Crippen LogP contribution in [0.15, 0.2) is 0 Å². The molecule has 1 spiro atoms. The van der Waals surface area contributed by atoms with E-state index in [9.17, 15) is 0 Å². The van der Waals surface area contributed by atoms with Gasteiger partial charge in [0, 0.05) is 19.7 Å². The second kappa shape index (κ2) is 2.95. The van der Waals surface area contributed by atoms with Crippen molar-refractivity contribution in [2.24, 2.45) is 0 Å². The molecule has 0 aliphatic carbocycles. The van der Waals surface area contributed by atoms with Crippen LogP contribution in [0.3, 0.4) is 0 Å². The molecular formula is C9H14N2O. The van der Waals surface area contributed by atoms with Crippen molar-refractivity contribution in [1.82, 2.24) is 4.90 Å². The van der Waals surface area contributed by atoms with Crippen molar-refractivity contribution in [3.05, 3.63) is 0 Å². The Morgan fingerprint density at radius 2 is 2.00 bits per heavy atom. The van der Waals surface area contributed by atoms with E-state index in [2.05, 4.69) is 6.19 Å².